The fraction of sp³-hybridized carbons (Fsp3) is 0.316. The quantitative estimate of drug-likeness (QED) is 0.564. The molecule has 8 heteroatoms. The van der Waals surface area contributed by atoms with E-state index in [0.29, 0.717) is 47.6 Å². The molecule has 2 N–H and O–H groups in total. The Balaban J connectivity index is 1.42. The summed E-state index contributed by atoms with van der Waals surface area (Å²) in [5.41, 5.74) is 0.834. The number of carbonyl (C=O) groups is 1. The van der Waals surface area contributed by atoms with Crippen molar-refractivity contribution in [2.45, 2.75) is 38.8 Å². The maximum absolute atomic E-state index is 12.3. The van der Waals surface area contributed by atoms with Gasteiger partial charge in [0.1, 0.15) is 4.70 Å². The molecular weight excluding hydrogens is 386 g/mol. The topological polar surface area (TPSA) is 84.0 Å². The number of amides is 1. The minimum atomic E-state index is -0.386. The molecule has 0 saturated carbocycles. The Kier molecular flexibility index (Phi) is 6.47. The van der Waals surface area contributed by atoms with Crippen LogP contribution in [0.5, 0.6) is 0 Å². The molecule has 27 heavy (non-hydrogen) atoms. The van der Waals surface area contributed by atoms with Gasteiger partial charge in [0.15, 0.2) is 0 Å². The van der Waals surface area contributed by atoms with Crippen LogP contribution < -0.4 is 16.6 Å². The Hall–Kier alpha value is -2.38. The summed E-state index contributed by atoms with van der Waals surface area (Å²) in [4.78, 5) is 39.0. The van der Waals surface area contributed by atoms with Crippen molar-refractivity contribution in [2.75, 3.05) is 0 Å². The van der Waals surface area contributed by atoms with Gasteiger partial charge in [-0.3, -0.25) is 14.2 Å². The Morgan fingerprint density at radius 2 is 1.96 bits per heavy atom. The van der Waals surface area contributed by atoms with Crippen molar-refractivity contribution in [1.82, 2.24) is 14.9 Å². The molecule has 0 atom stereocenters. The number of carbonyl (C=O) groups excluding carboxylic acids is 1. The van der Waals surface area contributed by atoms with Crippen molar-refractivity contribution in [3.05, 3.63) is 67.1 Å². The summed E-state index contributed by atoms with van der Waals surface area (Å²) >= 11 is 7.38. The van der Waals surface area contributed by atoms with Crippen LogP contribution in [-0.4, -0.2) is 15.5 Å². The molecular formula is C19H20ClN3O3S. The van der Waals surface area contributed by atoms with E-state index in [1.54, 1.807) is 17.5 Å². The van der Waals surface area contributed by atoms with E-state index in [1.165, 1.54) is 15.9 Å². The predicted octanol–water partition coefficient (Wildman–Crippen LogP) is 3.28. The first kappa shape index (κ1) is 19.4. The first-order valence-electron chi connectivity index (χ1n) is 8.76. The van der Waals surface area contributed by atoms with Crippen molar-refractivity contribution in [1.29, 1.82) is 0 Å². The zero-order valence-corrected chi connectivity index (χ0v) is 16.2. The number of fused-ring (bicyclic) bond motifs is 1. The van der Waals surface area contributed by atoms with Crippen LogP contribution in [0.4, 0.5) is 0 Å². The van der Waals surface area contributed by atoms with Gasteiger partial charge in [0.25, 0.3) is 5.56 Å². The minimum absolute atomic E-state index is 0.0371. The second-order valence-corrected chi connectivity index (χ2v) is 7.55. The van der Waals surface area contributed by atoms with Crippen molar-refractivity contribution in [2.24, 2.45) is 0 Å². The summed E-state index contributed by atoms with van der Waals surface area (Å²) in [7, 11) is 0. The van der Waals surface area contributed by atoms with Crippen LogP contribution in [0.1, 0.15) is 31.2 Å². The molecule has 2 aromatic heterocycles. The fourth-order valence-electron chi connectivity index (χ4n) is 2.83. The summed E-state index contributed by atoms with van der Waals surface area (Å²) in [6.07, 6.45) is 2.52. The molecule has 3 rings (SSSR count). The lowest BCUT2D eigenvalue weighted by atomic mass is 10.1. The number of aromatic nitrogens is 2. The highest BCUT2D eigenvalue weighted by molar-refractivity contribution is 7.17. The third kappa shape index (κ3) is 4.87. The highest BCUT2D eigenvalue weighted by Gasteiger charge is 2.08. The molecule has 1 amide bonds. The Bertz CT molecular complexity index is 1050. The maximum atomic E-state index is 12.3. The van der Waals surface area contributed by atoms with Crippen LogP contribution in [0.25, 0.3) is 10.2 Å². The number of nitrogens with one attached hydrogen (secondary N) is 2. The summed E-state index contributed by atoms with van der Waals surface area (Å²) in [6.45, 7) is 0.757. The van der Waals surface area contributed by atoms with E-state index in [0.717, 1.165) is 12.0 Å². The monoisotopic (exact) mass is 405 g/mol. The van der Waals surface area contributed by atoms with E-state index in [4.69, 9.17) is 11.6 Å². The van der Waals surface area contributed by atoms with Gasteiger partial charge in [-0.15, -0.1) is 11.3 Å². The van der Waals surface area contributed by atoms with Gasteiger partial charge in [-0.2, -0.15) is 0 Å². The first-order chi connectivity index (χ1) is 13.1. The number of thiophene rings is 1. The third-order valence-corrected chi connectivity index (χ3v) is 5.58. The molecule has 0 aliphatic carbocycles. The average molecular weight is 406 g/mol. The van der Waals surface area contributed by atoms with Gasteiger partial charge >= 0.3 is 5.69 Å². The largest absolute Gasteiger partial charge is 0.352 e. The number of H-pyrrole nitrogens is 1. The van der Waals surface area contributed by atoms with E-state index < -0.39 is 0 Å². The minimum Gasteiger partial charge on any atom is -0.352 e. The summed E-state index contributed by atoms with van der Waals surface area (Å²) in [5, 5.41) is 5.27. The molecule has 142 valence electrons. The SMILES string of the molecule is O=C(CCCCCn1c(=O)[nH]c2ccsc2c1=O)NCc1ccccc1Cl. The lowest BCUT2D eigenvalue weighted by Crippen LogP contribution is -2.34. The van der Waals surface area contributed by atoms with Crippen molar-refractivity contribution in [3.8, 4) is 0 Å². The number of unbranched alkanes of at least 4 members (excludes halogenated alkanes) is 2. The molecule has 0 fully saturated rings. The zero-order valence-electron chi connectivity index (χ0n) is 14.7. The molecule has 1 aromatic carbocycles. The van der Waals surface area contributed by atoms with Gasteiger partial charge in [0.2, 0.25) is 5.91 Å². The smallest absolute Gasteiger partial charge is 0.328 e. The molecule has 0 radical (unpaired) electrons. The number of halogens is 1. The number of benzene rings is 1. The van der Waals surface area contributed by atoms with Crippen LogP contribution in [0, 0.1) is 0 Å². The lowest BCUT2D eigenvalue weighted by Gasteiger charge is -2.07. The molecule has 0 aliphatic rings. The van der Waals surface area contributed by atoms with Crippen molar-refractivity contribution >= 4 is 39.1 Å². The summed E-state index contributed by atoms with van der Waals surface area (Å²) in [6, 6.07) is 9.13. The summed E-state index contributed by atoms with van der Waals surface area (Å²) < 4.78 is 1.80. The van der Waals surface area contributed by atoms with E-state index in [2.05, 4.69) is 10.3 Å². The van der Waals surface area contributed by atoms with Crippen LogP contribution in [0.15, 0.2) is 45.3 Å². The lowest BCUT2D eigenvalue weighted by molar-refractivity contribution is -0.121. The van der Waals surface area contributed by atoms with Crippen LogP contribution in [-0.2, 0) is 17.9 Å². The molecule has 2 heterocycles. The van der Waals surface area contributed by atoms with Gasteiger partial charge < -0.3 is 10.3 Å². The number of nitrogens with zero attached hydrogens (tertiary/aromatic N) is 1. The Morgan fingerprint density at radius 1 is 1.15 bits per heavy atom. The second-order valence-electron chi connectivity index (χ2n) is 6.23. The molecule has 6 nitrogen and oxygen atoms in total. The van der Waals surface area contributed by atoms with Crippen LogP contribution in [0.3, 0.4) is 0 Å². The van der Waals surface area contributed by atoms with Gasteiger partial charge in [0, 0.05) is 24.5 Å². The van der Waals surface area contributed by atoms with Gasteiger partial charge in [-0.25, -0.2) is 4.79 Å². The number of hydrogen-bond acceptors (Lipinski definition) is 4. The molecule has 0 saturated heterocycles. The highest BCUT2D eigenvalue weighted by atomic mass is 35.5. The van der Waals surface area contributed by atoms with Crippen LogP contribution >= 0.6 is 22.9 Å². The molecule has 0 bridgehead atoms. The molecule has 0 unspecified atom stereocenters. The van der Waals surface area contributed by atoms with Gasteiger partial charge in [0.05, 0.1) is 5.52 Å². The zero-order chi connectivity index (χ0) is 19.2. The fourth-order valence-corrected chi connectivity index (χ4v) is 3.83. The second kappa shape index (κ2) is 9.01. The number of rotatable bonds is 8. The van der Waals surface area contributed by atoms with Gasteiger partial charge in [-0.05, 0) is 35.9 Å². The maximum Gasteiger partial charge on any atom is 0.328 e. The standard InChI is InChI=1S/C19H20ClN3O3S/c20-14-7-4-3-6-13(14)12-21-16(24)8-2-1-5-10-23-18(25)17-15(9-11-27-17)22-19(23)26/h3-4,6-7,9,11H,1-2,5,8,10,12H2,(H,21,24)(H,22,26). The van der Waals surface area contributed by atoms with E-state index in [9.17, 15) is 14.4 Å². The molecule has 3 aromatic rings. The van der Waals surface area contributed by atoms with Crippen LogP contribution in [0.2, 0.25) is 5.02 Å². The first-order valence-corrected chi connectivity index (χ1v) is 10.0. The number of aromatic amines is 1. The van der Waals surface area contributed by atoms with Gasteiger partial charge in [-0.1, -0.05) is 36.2 Å². The van der Waals surface area contributed by atoms with Crippen molar-refractivity contribution < 1.29 is 4.79 Å². The highest BCUT2D eigenvalue weighted by Crippen LogP contribution is 2.14. The third-order valence-electron chi connectivity index (χ3n) is 4.31. The average Bonchev–Trinajstić information content (AvgIpc) is 3.11. The summed E-state index contributed by atoms with van der Waals surface area (Å²) in [5.74, 6) is -0.0371. The van der Waals surface area contributed by atoms with E-state index >= 15 is 0 Å². The Morgan fingerprint density at radius 3 is 2.78 bits per heavy atom. The molecule has 0 spiro atoms. The predicted molar refractivity (Wildman–Crippen MR) is 108 cm³/mol. The van der Waals surface area contributed by atoms with Crippen molar-refractivity contribution in [3.63, 3.8) is 0 Å². The number of hydrogen-bond donors (Lipinski definition) is 2. The normalized spacial score (nSPS) is 11.0. The Labute approximate surface area is 164 Å². The van der Waals surface area contributed by atoms with E-state index in [-0.39, 0.29) is 17.2 Å². The van der Waals surface area contributed by atoms with E-state index in [1.807, 2.05) is 18.2 Å². The molecule has 0 aliphatic heterocycles.